The lowest BCUT2D eigenvalue weighted by Crippen LogP contribution is -1.88. The van der Waals surface area contributed by atoms with E-state index in [1.807, 2.05) is 60.7 Å². The van der Waals surface area contributed by atoms with Crippen molar-refractivity contribution in [2.45, 2.75) is 12.8 Å². The van der Waals surface area contributed by atoms with E-state index < -0.39 is 0 Å². The number of benzene rings is 6. The third-order valence-corrected chi connectivity index (χ3v) is 8.36. The molecule has 0 unspecified atom stereocenters. The smallest absolute Gasteiger partial charge is 0.247 e. The molecule has 0 aliphatic heterocycles. The highest BCUT2D eigenvalue weighted by Gasteiger charge is 2.12. The fourth-order valence-electron chi connectivity index (χ4n) is 5.73. The van der Waals surface area contributed by atoms with Gasteiger partial charge in [-0.3, -0.25) is 0 Å². The van der Waals surface area contributed by atoms with Crippen molar-refractivity contribution in [2.24, 2.45) is 0 Å². The Morgan fingerprint density at radius 3 is 0.938 bits per heavy atom. The number of rotatable bonds is 9. The van der Waals surface area contributed by atoms with Gasteiger partial charge in [0.2, 0.25) is 23.6 Å². The maximum atomic E-state index is 6.02. The fraction of sp³-hybridized carbons (Fsp3) is 0.0476. The highest BCUT2D eigenvalue weighted by molar-refractivity contribution is 5.69. The first-order chi connectivity index (χ1) is 23.7. The molecule has 8 rings (SSSR count). The van der Waals surface area contributed by atoms with Crippen molar-refractivity contribution >= 4 is 0 Å². The van der Waals surface area contributed by atoms with Gasteiger partial charge in [0.25, 0.3) is 0 Å². The number of hydrogen-bond acceptors (Lipinski definition) is 6. The molecule has 0 aliphatic rings. The lowest BCUT2D eigenvalue weighted by atomic mass is 10.0. The predicted molar refractivity (Wildman–Crippen MR) is 188 cm³/mol. The van der Waals surface area contributed by atoms with Gasteiger partial charge in [-0.1, -0.05) is 133 Å². The van der Waals surface area contributed by atoms with Gasteiger partial charge in [-0.25, -0.2) is 0 Å². The van der Waals surface area contributed by atoms with E-state index in [2.05, 4.69) is 117 Å². The molecular weight excluding hydrogens is 592 g/mol. The van der Waals surface area contributed by atoms with E-state index in [-0.39, 0.29) is 0 Å². The van der Waals surface area contributed by atoms with Crippen LogP contribution >= 0.6 is 0 Å². The highest BCUT2D eigenvalue weighted by atomic mass is 16.4. The van der Waals surface area contributed by atoms with Crippen LogP contribution in [-0.2, 0) is 12.8 Å². The van der Waals surface area contributed by atoms with Crippen molar-refractivity contribution < 1.29 is 8.83 Å². The van der Waals surface area contributed by atoms with Crippen LogP contribution in [0.25, 0.3) is 56.3 Å². The van der Waals surface area contributed by atoms with Gasteiger partial charge >= 0.3 is 0 Å². The van der Waals surface area contributed by atoms with Gasteiger partial charge in [-0.15, -0.1) is 20.4 Å². The Morgan fingerprint density at radius 1 is 0.292 bits per heavy atom. The summed E-state index contributed by atoms with van der Waals surface area (Å²) in [6.45, 7) is 0. The minimum absolute atomic E-state index is 0.513. The van der Waals surface area contributed by atoms with Gasteiger partial charge in [0.1, 0.15) is 0 Å². The van der Waals surface area contributed by atoms with Gasteiger partial charge in [-0.05, 0) is 68.8 Å². The Labute approximate surface area is 278 Å². The van der Waals surface area contributed by atoms with E-state index >= 15 is 0 Å². The molecule has 6 heteroatoms. The van der Waals surface area contributed by atoms with E-state index in [0.29, 0.717) is 36.4 Å². The molecule has 2 heterocycles. The fourth-order valence-corrected chi connectivity index (χ4v) is 5.73. The predicted octanol–water partition coefficient (Wildman–Crippen LogP) is 9.97. The molecule has 6 aromatic carbocycles. The minimum Gasteiger partial charge on any atom is -0.420 e. The highest BCUT2D eigenvalue weighted by Crippen LogP contribution is 2.28. The molecule has 230 valence electrons. The zero-order valence-corrected chi connectivity index (χ0v) is 26.0. The second-order valence-corrected chi connectivity index (χ2v) is 11.6. The summed E-state index contributed by atoms with van der Waals surface area (Å²) in [5, 5.41) is 17.2. The number of hydrogen-bond donors (Lipinski definition) is 0. The lowest BCUT2D eigenvalue weighted by molar-refractivity contribution is 0.517. The van der Waals surface area contributed by atoms with Crippen LogP contribution in [0.1, 0.15) is 22.9 Å². The first-order valence-electron chi connectivity index (χ1n) is 15.9. The second-order valence-electron chi connectivity index (χ2n) is 11.6. The number of nitrogens with zero attached hydrogens (tertiary/aromatic N) is 4. The van der Waals surface area contributed by atoms with Crippen molar-refractivity contribution in [3.63, 3.8) is 0 Å². The quantitative estimate of drug-likeness (QED) is 0.159. The summed E-state index contributed by atoms with van der Waals surface area (Å²) in [6.07, 6.45) is 1.14. The van der Waals surface area contributed by atoms with Crippen molar-refractivity contribution in [2.75, 3.05) is 0 Å². The molecule has 0 saturated carbocycles. The molecule has 8 aromatic rings. The molecular formula is C42H30N4O2. The van der Waals surface area contributed by atoms with Crippen LogP contribution in [0.4, 0.5) is 0 Å². The van der Waals surface area contributed by atoms with E-state index in [9.17, 15) is 0 Å². The van der Waals surface area contributed by atoms with Crippen LogP contribution < -0.4 is 0 Å². The Bertz CT molecular complexity index is 2240. The van der Waals surface area contributed by atoms with Gasteiger partial charge in [0.05, 0.1) is 12.8 Å². The first-order valence-corrected chi connectivity index (χ1v) is 15.9. The normalized spacial score (nSPS) is 11.1. The Kier molecular flexibility index (Phi) is 7.95. The standard InChI is InChI=1S/C42H30N4O2/c1-3-7-31(8-4-1)33-15-11-29(12-16-33)27-39-43-46-42(48-39)38-25-21-36(22-26-38)34-17-13-30(14-18-34)28-40-44-45-41(47-40)37-23-19-35(20-24-37)32-9-5-2-6-10-32/h1-26H,27-28H2. The molecule has 0 amide bonds. The summed E-state index contributed by atoms with van der Waals surface area (Å²) in [6, 6.07) is 53.9. The van der Waals surface area contributed by atoms with Gasteiger partial charge < -0.3 is 8.83 Å². The Hall–Kier alpha value is -6.40. The zero-order chi connectivity index (χ0) is 32.1. The van der Waals surface area contributed by atoms with Crippen molar-refractivity contribution in [3.8, 4) is 56.3 Å². The van der Waals surface area contributed by atoms with Crippen LogP contribution in [0.15, 0.2) is 167 Å². The third-order valence-electron chi connectivity index (χ3n) is 8.36. The molecule has 48 heavy (non-hydrogen) atoms. The molecule has 2 aromatic heterocycles. The topological polar surface area (TPSA) is 77.8 Å². The third kappa shape index (κ3) is 6.46. The van der Waals surface area contributed by atoms with E-state index in [4.69, 9.17) is 8.83 Å². The lowest BCUT2D eigenvalue weighted by Gasteiger charge is -2.04. The van der Waals surface area contributed by atoms with E-state index in [1.54, 1.807) is 0 Å². The molecule has 0 spiro atoms. The van der Waals surface area contributed by atoms with Gasteiger partial charge in [0.15, 0.2) is 0 Å². The molecule has 0 aliphatic carbocycles. The average molecular weight is 623 g/mol. The van der Waals surface area contributed by atoms with Crippen LogP contribution in [0.5, 0.6) is 0 Å². The Balaban J connectivity index is 0.884. The summed E-state index contributed by atoms with van der Waals surface area (Å²) in [5.74, 6) is 2.20. The average Bonchev–Trinajstić information content (AvgIpc) is 3.83. The van der Waals surface area contributed by atoms with Crippen molar-refractivity contribution in [1.29, 1.82) is 0 Å². The number of aromatic nitrogens is 4. The van der Waals surface area contributed by atoms with Gasteiger partial charge in [0, 0.05) is 11.1 Å². The molecule has 6 nitrogen and oxygen atoms in total. The van der Waals surface area contributed by atoms with Crippen molar-refractivity contribution in [3.05, 3.63) is 181 Å². The summed E-state index contributed by atoms with van der Waals surface area (Å²) >= 11 is 0. The summed E-state index contributed by atoms with van der Waals surface area (Å²) < 4.78 is 12.0. The van der Waals surface area contributed by atoms with Crippen LogP contribution in [0.3, 0.4) is 0 Å². The SMILES string of the molecule is c1ccc(-c2ccc(Cc3nnc(-c4ccc(-c5ccc(Cc6nnc(-c7ccc(-c8ccccc8)cc7)o6)cc5)cc4)o3)cc2)cc1. The zero-order valence-electron chi connectivity index (χ0n) is 26.0. The maximum Gasteiger partial charge on any atom is 0.247 e. The molecule has 0 fully saturated rings. The summed E-state index contributed by atoms with van der Waals surface area (Å²) in [4.78, 5) is 0. The monoisotopic (exact) mass is 622 g/mol. The van der Waals surface area contributed by atoms with E-state index in [0.717, 1.165) is 38.9 Å². The second kappa shape index (κ2) is 13.1. The van der Waals surface area contributed by atoms with Crippen LogP contribution in [0, 0.1) is 0 Å². The molecule has 0 N–H and O–H groups in total. The van der Waals surface area contributed by atoms with E-state index in [1.165, 1.54) is 16.7 Å². The van der Waals surface area contributed by atoms with Crippen molar-refractivity contribution in [1.82, 2.24) is 20.4 Å². The largest absolute Gasteiger partial charge is 0.420 e. The summed E-state index contributed by atoms with van der Waals surface area (Å²) in [7, 11) is 0. The minimum atomic E-state index is 0.513. The maximum absolute atomic E-state index is 6.02. The molecule has 0 bridgehead atoms. The van der Waals surface area contributed by atoms with Crippen LogP contribution in [-0.4, -0.2) is 20.4 Å². The summed E-state index contributed by atoms with van der Waals surface area (Å²) in [5.41, 5.74) is 10.9. The molecule has 0 atom stereocenters. The van der Waals surface area contributed by atoms with Crippen LogP contribution in [0.2, 0.25) is 0 Å². The molecule has 0 saturated heterocycles. The van der Waals surface area contributed by atoms with Gasteiger partial charge in [-0.2, -0.15) is 0 Å². The first kappa shape index (κ1) is 29.0. The Morgan fingerprint density at radius 2 is 0.583 bits per heavy atom. The molecule has 0 radical (unpaired) electrons.